The van der Waals surface area contributed by atoms with E-state index >= 15 is 0 Å². The minimum absolute atomic E-state index is 0.321. The highest BCUT2D eigenvalue weighted by Gasteiger charge is 1.96. The van der Waals surface area contributed by atoms with E-state index in [1.165, 1.54) is 32.1 Å². The molecule has 0 aliphatic rings. The monoisotopic (exact) mass is 264 g/mol. The van der Waals surface area contributed by atoms with Gasteiger partial charge in [0.15, 0.2) is 0 Å². The third-order valence-corrected chi connectivity index (χ3v) is 2.94. The second-order valence-corrected chi connectivity index (χ2v) is 4.81. The lowest BCUT2D eigenvalue weighted by molar-refractivity contribution is -0.137. The Balaban J connectivity index is 3.14. The summed E-state index contributed by atoms with van der Waals surface area (Å²) < 4.78 is 0. The number of carbonyl (C=O) groups is 1. The van der Waals surface area contributed by atoms with Gasteiger partial charge in [0.25, 0.3) is 0 Å². The Kier molecular flexibility index (Phi) is 13.9. The Bertz CT molecular complexity index is 294. The first-order valence-electron chi connectivity index (χ1n) is 7.60. The molecule has 0 bridgehead atoms. The van der Waals surface area contributed by atoms with E-state index in [1.807, 2.05) is 0 Å². The lowest BCUT2D eigenvalue weighted by atomic mass is 10.1. The van der Waals surface area contributed by atoms with Crippen LogP contribution in [0.15, 0.2) is 12.2 Å². The van der Waals surface area contributed by atoms with Crippen LogP contribution in [0.4, 0.5) is 0 Å². The Morgan fingerprint density at radius 3 is 2.21 bits per heavy atom. The van der Waals surface area contributed by atoms with E-state index < -0.39 is 5.97 Å². The quantitative estimate of drug-likeness (QED) is 0.326. The summed E-state index contributed by atoms with van der Waals surface area (Å²) >= 11 is 0. The summed E-state index contributed by atoms with van der Waals surface area (Å²) in [6.45, 7) is 2.13. The highest BCUT2D eigenvalue weighted by atomic mass is 16.4. The number of hydrogen-bond acceptors (Lipinski definition) is 1. The standard InChI is InChI=1S/C17H28O2/c1-2-3-4-5-6-7-8-9-10-11-12-13-14-15-16-17(18)19/h3-4H,2,5,8-16H2,1H3,(H,18,19)/b4-3-. The molecule has 2 heteroatoms. The summed E-state index contributed by atoms with van der Waals surface area (Å²) in [4.78, 5) is 10.3. The Morgan fingerprint density at radius 1 is 0.947 bits per heavy atom. The SMILES string of the molecule is CC/C=C\CC#CCCCCCCCCCC(=O)O. The largest absolute Gasteiger partial charge is 0.481 e. The van der Waals surface area contributed by atoms with Gasteiger partial charge in [0.1, 0.15) is 0 Å². The third-order valence-electron chi connectivity index (χ3n) is 2.94. The van der Waals surface area contributed by atoms with Crippen molar-refractivity contribution in [3.05, 3.63) is 12.2 Å². The molecule has 0 rings (SSSR count). The second kappa shape index (κ2) is 14.8. The van der Waals surface area contributed by atoms with Gasteiger partial charge in [-0.1, -0.05) is 57.1 Å². The zero-order valence-corrected chi connectivity index (χ0v) is 12.3. The maximum atomic E-state index is 10.3. The number of unbranched alkanes of at least 4 members (excludes halogenated alkanes) is 7. The molecule has 0 aliphatic heterocycles. The van der Waals surface area contributed by atoms with E-state index in [-0.39, 0.29) is 0 Å². The average molecular weight is 264 g/mol. The molecule has 0 atom stereocenters. The summed E-state index contributed by atoms with van der Waals surface area (Å²) in [5.41, 5.74) is 0. The number of carboxylic acids is 1. The zero-order valence-electron chi connectivity index (χ0n) is 12.3. The van der Waals surface area contributed by atoms with Crippen LogP contribution in [0.2, 0.25) is 0 Å². The minimum atomic E-state index is -0.674. The first-order chi connectivity index (χ1) is 9.27. The van der Waals surface area contributed by atoms with Crippen molar-refractivity contribution >= 4 is 5.97 Å². The molecular weight excluding hydrogens is 236 g/mol. The van der Waals surface area contributed by atoms with Crippen LogP contribution in [-0.4, -0.2) is 11.1 Å². The van der Waals surface area contributed by atoms with Crippen molar-refractivity contribution in [2.45, 2.75) is 77.6 Å². The molecule has 0 spiro atoms. The van der Waals surface area contributed by atoms with Crippen LogP contribution in [-0.2, 0) is 4.79 Å². The van der Waals surface area contributed by atoms with Crippen LogP contribution in [0.5, 0.6) is 0 Å². The van der Waals surface area contributed by atoms with Crippen LogP contribution in [0.25, 0.3) is 0 Å². The molecule has 0 aromatic carbocycles. The summed E-state index contributed by atoms with van der Waals surface area (Å²) in [6.07, 6.45) is 15.6. The molecule has 0 radical (unpaired) electrons. The van der Waals surface area contributed by atoms with Crippen molar-refractivity contribution < 1.29 is 9.90 Å². The molecule has 0 aromatic heterocycles. The van der Waals surface area contributed by atoms with Crippen molar-refractivity contribution in [2.75, 3.05) is 0 Å². The lowest BCUT2D eigenvalue weighted by Gasteiger charge is -1.99. The maximum absolute atomic E-state index is 10.3. The predicted molar refractivity (Wildman–Crippen MR) is 81.0 cm³/mol. The highest BCUT2D eigenvalue weighted by molar-refractivity contribution is 5.66. The summed E-state index contributed by atoms with van der Waals surface area (Å²) in [5.74, 6) is 5.68. The summed E-state index contributed by atoms with van der Waals surface area (Å²) in [7, 11) is 0. The summed E-state index contributed by atoms with van der Waals surface area (Å²) in [6, 6.07) is 0. The molecule has 0 heterocycles. The van der Waals surface area contributed by atoms with Crippen molar-refractivity contribution in [2.24, 2.45) is 0 Å². The van der Waals surface area contributed by atoms with Crippen molar-refractivity contribution in [1.82, 2.24) is 0 Å². The molecule has 0 saturated carbocycles. The van der Waals surface area contributed by atoms with E-state index in [2.05, 4.69) is 30.9 Å². The van der Waals surface area contributed by atoms with Crippen molar-refractivity contribution in [3.8, 4) is 11.8 Å². The van der Waals surface area contributed by atoms with Gasteiger partial charge in [0.2, 0.25) is 0 Å². The van der Waals surface area contributed by atoms with Crippen molar-refractivity contribution in [1.29, 1.82) is 0 Å². The number of aliphatic carboxylic acids is 1. The Hall–Kier alpha value is -1.23. The smallest absolute Gasteiger partial charge is 0.303 e. The first kappa shape index (κ1) is 17.8. The number of rotatable bonds is 11. The molecule has 0 aromatic rings. The van der Waals surface area contributed by atoms with Gasteiger partial charge >= 0.3 is 5.97 Å². The molecule has 108 valence electrons. The van der Waals surface area contributed by atoms with Crippen molar-refractivity contribution in [3.63, 3.8) is 0 Å². The zero-order chi connectivity index (χ0) is 14.2. The molecular formula is C17H28O2. The van der Waals surface area contributed by atoms with Gasteiger partial charge in [-0.3, -0.25) is 4.79 Å². The van der Waals surface area contributed by atoms with E-state index in [0.717, 1.165) is 32.1 Å². The van der Waals surface area contributed by atoms with Crippen LogP contribution in [0, 0.1) is 11.8 Å². The fourth-order valence-corrected chi connectivity index (χ4v) is 1.84. The van der Waals surface area contributed by atoms with Gasteiger partial charge in [-0.05, 0) is 19.3 Å². The number of allylic oxidation sites excluding steroid dienone is 2. The predicted octanol–water partition coefficient (Wildman–Crippen LogP) is 4.94. The molecule has 2 nitrogen and oxygen atoms in total. The van der Waals surface area contributed by atoms with Gasteiger partial charge in [-0.2, -0.15) is 0 Å². The van der Waals surface area contributed by atoms with Crippen LogP contribution >= 0.6 is 0 Å². The lowest BCUT2D eigenvalue weighted by Crippen LogP contribution is -1.93. The van der Waals surface area contributed by atoms with E-state index in [9.17, 15) is 4.79 Å². The van der Waals surface area contributed by atoms with Gasteiger partial charge in [-0.15, -0.1) is 5.92 Å². The van der Waals surface area contributed by atoms with Crippen LogP contribution in [0.3, 0.4) is 0 Å². The minimum Gasteiger partial charge on any atom is -0.481 e. The van der Waals surface area contributed by atoms with Gasteiger partial charge < -0.3 is 5.11 Å². The molecule has 0 fully saturated rings. The molecule has 0 amide bonds. The van der Waals surface area contributed by atoms with Crippen LogP contribution in [0.1, 0.15) is 77.6 Å². The summed E-state index contributed by atoms with van der Waals surface area (Å²) in [5, 5.41) is 8.49. The molecule has 1 N–H and O–H groups in total. The first-order valence-corrected chi connectivity index (χ1v) is 7.60. The third kappa shape index (κ3) is 16.8. The van der Waals surface area contributed by atoms with E-state index in [4.69, 9.17) is 5.11 Å². The molecule has 0 aliphatic carbocycles. The Morgan fingerprint density at radius 2 is 1.58 bits per heavy atom. The normalized spacial score (nSPS) is 10.4. The fraction of sp³-hybridized carbons (Fsp3) is 0.706. The van der Waals surface area contributed by atoms with E-state index in [1.54, 1.807) is 0 Å². The van der Waals surface area contributed by atoms with Crippen LogP contribution < -0.4 is 0 Å². The Labute approximate surface area is 118 Å². The van der Waals surface area contributed by atoms with Gasteiger partial charge in [0.05, 0.1) is 0 Å². The van der Waals surface area contributed by atoms with Gasteiger partial charge in [0, 0.05) is 19.3 Å². The highest BCUT2D eigenvalue weighted by Crippen LogP contribution is 2.09. The number of hydrogen-bond donors (Lipinski definition) is 1. The molecule has 0 unspecified atom stereocenters. The fourth-order valence-electron chi connectivity index (χ4n) is 1.84. The maximum Gasteiger partial charge on any atom is 0.303 e. The van der Waals surface area contributed by atoms with E-state index in [0.29, 0.717) is 6.42 Å². The number of carboxylic acid groups (broad SMARTS) is 1. The van der Waals surface area contributed by atoms with Gasteiger partial charge in [-0.25, -0.2) is 0 Å². The topological polar surface area (TPSA) is 37.3 Å². The molecule has 0 saturated heterocycles. The molecule has 19 heavy (non-hydrogen) atoms. The average Bonchev–Trinajstić information content (AvgIpc) is 2.39. The second-order valence-electron chi connectivity index (χ2n) is 4.81.